The van der Waals surface area contributed by atoms with Crippen molar-refractivity contribution in [2.24, 2.45) is 0 Å². The van der Waals surface area contributed by atoms with E-state index in [2.05, 4.69) is 10.3 Å². The van der Waals surface area contributed by atoms with E-state index in [1.165, 1.54) is 0 Å². The number of halogens is 1. The quantitative estimate of drug-likeness (QED) is 0.742. The van der Waals surface area contributed by atoms with Gasteiger partial charge in [0.2, 0.25) is 0 Å². The van der Waals surface area contributed by atoms with Gasteiger partial charge in [0.05, 0.1) is 19.3 Å². The average Bonchev–Trinajstić information content (AvgIpc) is 2.05. The standard InChI is InChI=1S/C9H11ClN2O/c10-9-2-1-7(4-12-9)3-11-8-5-13-6-8/h1-2,4,8,11H,3,5-6H2. The first kappa shape index (κ1) is 8.94. The maximum absolute atomic E-state index is 5.66. The Morgan fingerprint density at radius 3 is 2.92 bits per heavy atom. The molecule has 0 radical (unpaired) electrons. The van der Waals surface area contributed by atoms with Crippen LogP contribution in [0.2, 0.25) is 5.15 Å². The Kier molecular flexibility index (Phi) is 2.78. The monoisotopic (exact) mass is 198 g/mol. The van der Waals surface area contributed by atoms with E-state index >= 15 is 0 Å². The van der Waals surface area contributed by atoms with Gasteiger partial charge in [-0.2, -0.15) is 0 Å². The van der Waals surface area contributed by atoms with E-state index < -0.39 is 0 Å². The van der Waals surface area contributed by atoms with E-state index in [1.54, 1.807) is 12.3 Å². The molecular formula is C9H11ClN2O. The Balaban J connectivity index is 1.83. The molecule has 4 heteroatoms. The van der Waals surface area contributed by atoms with Crippen molar-refractivity contribution < 1.29 is 4.74 Å². The molecule has 1 aliphatic heterocycles. The van der Waals surface area contributed by atoms with E-state index in [4.69, 9.17) is 16.3 Å². The lowest BCUT2D eigenvalue weighted by atomic mass is 10.2. The highest BCUT2D eigenvalue weighted by Gasteiger charge is 2.16. The van der Waals surface area contributed by atoms with Gasteiger partial charge in [-0.25, -0.2) is 4.98 Å². The summed E-state index contributed by atoms with van der Waals surface area (Å²) in [6.07, 6.45) is 1.79. The molecule has 0 bridgehead atoms. The molecule has 1 aromatic heterocycles. The van der Waals surface area contributed by atoms with Crippen LogP contribution in [0.15, 0.2) is 18.3 Å². The maximum atomic E-state index is 5.66. The van der Waals surface area contributed by atoms with Crippen molar-refractivity contribution in [1.29, 1.82) is 0 Å². The minimum absolute atomic E-state index is 0.510. The molecule has 2 heterocycles. The first-order valence-corrected chi connectivity index (χ1v) is 4.64. The van der Waals surface area contributed by atoms with Crippen molar-refractivity contribution in [3.63, 3.8) is 0 Å². The number of aromatic nitrogens is 1. The second-order valence-corrected chi connectivity index (χ2v) is 3.49. The molecule has 0 spiro atoms. The summed E-state index contributed by atoms with van der Waals surface area (Å²) in [4.78, 5) is 4.00. The van der Waals surface area contributed by atoms with Crippen LogP contribution in [-0.2, 0) is 11.3 Å². The minimum atomic E-state index is 0.510. The molecule has 0 unspecified atom stereocenters. The molecule has 0 atom stereocenters. The summed E-state index contributed by atoms with van der Waals surface area (Å²) >= 11 is 5.66. The van der Waals surface area contributed by atoms with Crippen molar-refractivity contribution in [2.75, 3.05) is 13.2 Å². The van der Waals surface area contributed by atoms with Crippen LogP contribution in [-0.4, -0.2) is 24.2 Å². The summed E-state index contributed by atoms with van der Waals surface area (Å²) in [7, 11) is 0. The lowest BCUT2D eigenvalue weighted by Crippen LogP contribution is -2.45. The molecule has 13 heavy (non-hydrogen) atoms. The number of ether oxygens (including phenoxy) is 1. The molecular weight excluding hydrogens is 188 g/mol. The zero-order valence-corrected chi connectivity index (χ0v) is 7.92. The van der Waals surface area contributed by atoms with E-state index in [9.17, 15) is 0 Å². The zero-order valence-electron chi connectivity index (χ0n) is 7.16. The molecule has 1 fully saturated rings. The van der Waals surface area contributed by atoms with E-state index in [1.807, 2.05) is 6.07 Å². The number of pyridine rings is 1. The smallest absolute Gasteiger partial charge is 0.129 e. The van der Waals surface area contributed by atoms with Gasteiger partial charge in [0, 0.05) is 12.7 Å². The summed E-state index contributed by atoms with van der Waals surface area (Å²) < 4.78 is 5.04. The number of nitrogens with zero attached hydrogens (tertiary/aromatic N) is 1. The number of nitrogens with one attached hydrogen (secondary N) is 1. The van der Waals surface area contributed by atoms with Crippen molar-refractivity contribution >= 4 is 11.6 Å². The predicted octanol–water partition coefficient (Wildman–Crippen LogP) is 1.22. The van der Waals surface area contributed by atoms with Gasteiger partial charge in [-0.3, -0.25) is 0 Å². The first-order chi connectivity index (χ1) is 6.34. The van der Waals surface area contributed by atoms with Gasteiger partial charge in [0.1, 0.15) is 5.15 Å². The van der Waals surface area contributed by atoms with Crippen LogP contribution >= 0.6 is 11.6 Å². The SMILES string of the molecule is Clc1ccc(CNC2COC2)cn1. The molecule has 0 saturated carbocycles. The summed E-state index contributed by atoms with van der Waals surface area (Å²) in [5, 5.41) is 3.88. The Hall–Kier alpha value is -0.640. The van der Waals surface area contributed by atoms with Gasteiger partial charge < -0.3 is 10.1 Å². The molecule has 70 valence electrons. The second-order valence-electron chi connectivity index (χ2n) is 3.10. The second kappa shape index (κ2) is 4.05. The van der Waals surface area contributed by atoms with Gasteiger partial charge in [0.25, 0.3) is 0 Å². The fourth-order valence-electron chi connectivity index (χ4n) is 1.13. The Morgan fingerprint density at radius 1 is 1.54 bits per heavy atom. The Bertz CT molecular complexity index is 271. The van der Waals surface area contributed by atoms with Gasteiger partial charge in [-0.15, -0.1) is 0 Å². The number of rotatable bonds is 3. The van der Waals surface area contributed by atoms with Crippen LogP contribution in [0.3, 0.4) is 0 Å². The van der Waals surface area contributed by atoms with Crippen molar-refractivity contribution in [3.8, 4) is 0 Å². The topological polar surface area (TPSA) is 34.1 Å². The first-order valence-electron chi connectivity index (χ1n) is 4.26. The normalized spacial score (nSPS) is 17.0. The fourth-order valence-corrected chi connectivity index (χ4v) is 1.24. The highest BCUT2D eigenvalue weighted by Crippen LogP contribution is 2.06. The van der Waals surface area contributed by atoms with Crippen LogP contribution in [0.5, 0.6) is 0 Å². The molecule has 0 amide bonds. The van der Waals surface area contributed by atoms with E-state index in [-0.39, 0.29) is 0 Å². The summed E-state index contributed by atoms with van der Waals surface area (Å²) in [5.41, 5.74) is 1.15. The summed E-state index contributed by atoms with van der Waals surface area (Å²) in [6, 6.07) is 4.29. The molecule has 0 aliphatic carbocycles. The van der Waals surface area contributed by atoms with Crippen molar-refractivity contribution in [2.45, 2.75) is 12.6 Å². The predicted molar refractivity (Wildman–Crippen MR) is 50.7 cm³/mol. The highest BCUT2D eigenvalue weighted by atomic mass is 35.5. The Morgan fingerprint density at radius 2 is 2.38 bits per heavy atom. The highest BCUT2D eigenvalue weighted by molar-refractivity contribution is 6.29. The molecule has 1 saturated heterocycles. The van der Waals surface area contributed by atoms with Crippen molar-refractivity contribution in [3.05, 3.63) is 29.0 Å². The van der Waals surface area contributed by atoms with E-state index in [0.717, 1.165) is 25.3 Å². The number of hydrogen-bond donors (Lipinski definition) is 1. The third-order valence-corrected chi connectivity index (χ3v) is 2.25. The summed E-state index contributed by atoms with van der Waals surface area (Å²) in [6.45, 7) is 2.47. The number of hydrogen-bond acceptors (Lipinski definition) is 3. The summed E-state index contributed by atoms with van der Waals surface area (Å²) in [5.74, 6) is 0. The molecule has 3 nitrogen and oxygen atoms in total. The van der Waals surface area contributed by atoms with Crippen LogP contribution < -0.4 is 5.32 Å². The lowest BCUT2D eigenvalue weighted by molar-refractivity contribution is -0.00579. The molecule has 1 N–H and O–H groups in total. The molecule has 1 aliphatic rings. The van der Waals surface area contributed by atoms with Crippen LogP contribution in [0.1, 0.15) is 5.56 Å². The van der Waals surface area contributed by atoms with E-state index in [0.29, 0.717) is 11.2 Å². The fraction of sp³-hybridized carbons (Fsp3) is 0.444. The van der Waals surface area contributed by atoms with Gasteiger partial charge in [-0.05, 0) is 11.6 Å². The zero-order chi connectivity index (χ0) is 9.10. The average molecular weight is 199 g/mol. The van der Waals surface area contributed by atoms with Gasteiger partial charge in [-0.1, -0.05) is 17.7 Å². The van der Waals surface area contributed by atoms with Gasteiger partial charge in [0.15, 0.2) is 0 Å². The Labute approximate surface area is 82.1 Å². The molecule has 1 aromatic rings. The lowest BCUT2D eigenvalue weighted by Gasteiger charge is -2.26. The third-order valence-electron chi connectivity index (χ3n) is 2.02. The van der Waals surface area contributed by atoms with Crippen molar-refractivity contribution in [1.82, 2.24) is 10.3 Å². The third kappa shape index (κ3) is 2.40. The minimum Gasteiger partial charge on any atom is -0.378 e. The molecule has 0 aromatic carbocycles. The van der Waals surface area contributed by atoms with Gasteiger partial charge >= 0.3 is 0 Å². The van der Waals surface area contributed by atoms with Crippen LogP contribution in [0.4, 0.5) is 0 Å². The van der Waals surface area contributed by atoms with Crippen LogP contribution in [0.25, 0.3) is 0 Å². The largest absolute Gasteiger partial charge is 0.378 e. The molecule has 2 rings (SSSR count). The van der Waals surface area contributed by atoms with Crippen LogP contribution in [0, 0.1) is 0 Å². The maximum Gasteiger partial charge on any atom is 0.129 e.